The molecule has 0 bridgehead atoms. The second-order valence-corrected chi connectivity index (χ2v) is 6.41. The minimum absolute atomic E-state index is 0.000142. The second-order valence-electron chi connectivity index (χ2n) is 6.41. The SMILES string of the molecule is Cc1ccc(C)c(NC(=O)Nc2ccc3c(c2)oc(=O)n3C(C)C)c1. The first-order chi connectivity index (χ1) is 11.8. The van der Waals surface area contributed by atoms with Crippen LogP contribution in [-0.4, -0.2) is 10.6 Å². The van der Waals surface area contributed by atoms with Crippen LogP contribution in [-0.2, 0) is 0 Å². The van der Waals surface area contributed by atoms with Gasteiger partial charge in [-0.15, -0.1) is 0 Å². The number of fused-ring (bicyclic) bond motifs is 1. The van der Waals surface area contributed by atoms with Crippen LogP contribution in [0.15, 0.2) is 45.6 Å². The molecule has 130 valence electrons. The largest absolute Gasteiger partial charge is 0.420 e. The average molecular weight is 339 g/mol. The quantitative estimate of drug-likeness (QED) is 0.741. The predicted molar refractivity (Wildman–Crippen MR) is 99.4 cm³/mol. The van der Waals surface area contributed by atoms with Gasteiger partial charge in [-0.05, 0) is 57.0 Å². The molecule has 0 atom stereocenters. The Balaban J connectivity index is 1.82. The van der Waals surface area contributed by atoms with Crippen LogP contribution >= 0.6 is 0 Å². The van der Waals surface area contributed by atoms with Gasteiger partial charge >= 0.3 is 11.8 Å². The monoisotopic (exact) mass is 339 g/mol. The zero-order valence-electron chi connectivity index (χ0n) is 14.7. The molecule has 25 heavy (non-hydrogen) atoms. The molecular weight excluding hydrogens is 318 g/mol. The molecule has 0 aliphatic rings. The van der Waals surface area contributed by atoms with Crippen molar-refractivity contribution in [2.24, 2.45) is 0 Å². The maximum Gasteiger partial charge on any atom is 0.420 e. The van der Waals surface area contributed by atoms with Gasteiger partial charge in [0, 0.05) is 23.5 Å². The van der Waals surface area contributed by atoms with Crippen molar-refractivity contribution >= 4 is 28.5 Å². The third kappa shape index (κ3) is 3.42. The number of rotatable bonds is 3. The van der Waals surface area contributed by atoms with Gasteiger partial charge in [-0.25, -0.2) is 9.59 Å². The van der Waals surface area contributed by atoms with E-state index < -0.39 is 5.76 Å². The summed E-state index contributed by atoms with van der Waals surface area (Å²) in [6.07, 6.45) is 0. The minimum atomic E-state index is -0.401. The van der Waals surface area contributed by atoms with E-state index in [4.69, 9.17) is 4.42 Å². The standard InChI is InChI=1S/C19H21N3O3/c1-11(2)22-16-8-7-14(10-17(16)25-19(22)24)20-18(23)21-15-9-12(3)5-6-13(15)4/h5-11H,1-4H3,(H2,20,21,23). The topological polar surface area (TPSA) is 76.3 Å². The van der Waals surface area contributed by atoms with E-state index in [2.05, 4.69) is 10.6 Å². The van der Waals surface area contributed by atoms with Gasteiger partial charge in [0.1, 0.15) is 0 Å². The van der Waals surface area contributed by atoms with E-state index in [0.29, 0.717) is 16.8 Å². The van der Waals surface area contributed by atoms with Crippen LogP contribution < -0.4 is 16.4 Å². The van der Waals surface area contributed by atoms with E-state index in [-0.39, 0.29) is 12.1 Å². The Labute approximate surface area is 145 Å². The summed E-state index contributed by atoms with van der Waals surface area (Å²) in [6, 6.07) is 10.7. The van der Waals surface area contributed by atoms with Gasteiger partial charge in [0.25, 0.3) is 0 Å². The Morgan fingerprint density at radius 3 is 2.56 bits per heavy atom. The fourth-order valence-corrected chi connectivity index (χ4v) is 2.76. The zero-order valence-corrected chi connectivity index (χ0v) is 14.7. The van der Waals surface area contributed by atoms with Crippen LogP contribution in [0.25, 0.3) is 11.1 Å². The summed E-state index contributed by atoms with van der Waals surface area (Å²) in [7, 11) is 0. The maximum absolute atomic E-state index is 12.2. The number of amides is 2. The van der Waals surface area contributed by atoms with E-state index in [1.165, 1.54) is 0 Å². The number of benzene rings is 2. The molecule has 6 nitrogen and oxygen atoms in total. The first kappa shape index (κ1) is 16.8. The first-order valence-corrected chi connectivity index (χ1v) is 8.15. The zero-order chi connectivity index (χ0) is 18.1. The Bertz CT molecular complexity index is 999. The molecule has 0 saturated heterocycles. The number of urea groups is 1. The highest BCUT2D eigenvalue weighted by molar-refractivity contribution is 6.01. The number of aromatic nitrogens is 1. The van der Waals surface area contributed by atoms with Crippen LogP contribution in [0.1, 0.15) is 31.0 Å². The molecule has 0 aliphatic carbocycles. The lowest BCUT2D eigenvalue weighted by Crippen LogP contribution is -2.20. The molecule has 1 aromatic heterocycles. The number of hydrogen-bond acceptors (Lipinski definition) is 3. The molecule has 2 aromatic carbocycles. The minimum Gasteiger partial charge on any atom is -0.408 e. The smallest absolute Gasteiger partial charge is 0.408 e. The normalized spacial score (nSPS) is 11.1. The van der Waals surface area contributed by atoms with Crippen molar-refractivity contribution in [3.63, 3.8) is 0 Å². The molecule has 3 rings (SSSR count). The number of carbonyl (C=O) groups is 1. The predicted octanol–water partition coefficient (Wildman–Crippen LogP) is 4.44. The van der Waals surface area contributed by atoms with Gasteiger partial charge in [0.2, 0.25) is 0 Å². The molecule has 0 radical (unpaired) electrons. The van der Waals surface area contributed by atoms with Gasteiger partial charge < -0.3 is 15.1 Å². The Hall–Kier alpha value is -3.02. The van der Waals surface area contributed by atoms with Gasteiger partial charge in [0.05, 0.1) is 5.52 Å². The molecule has 3 aromatic rings. The molecule has 0 aliphatic heterocycles. The second kappa shape index (κ2) is 6.47. The van der Waals surface area contributed by atoms with Crippen LogP contribution in [0.4, 0.5) is 16.2 Å². The molecular formula is C19H21N3O3. The lowest BCUT2D eigenvalue weighted by molar-refractivity contribution is 0.262. The third-order valence-corrected chi connectivity index (χ3v) is 4.03. The lowest BCUT2D eigenvalue weighted by atomic mass is 10.1. The molecule has 0 saturated carbocycles. The van der Waals surface area contributed by atoms with Gasteiger partial charge in [-0.1, -0.05) is 12.1 Å². The van der Waals surface area contributed by atoms with Crippen LogP contribution in [0, 0.1) is 13.8 Å². The van der Waals surface area contributed by atoms with Crippen LogP contribution in [0.3, 0.4) is 0 Å². The average Bonchev–Trinajstić information content (AvgIpc) is 2.86. The van der Waals surface area contributed by atoms with Crippen molar-refractivity contribution in [2.45, 2.75) is 33.7 Å². The van der Waals surface area contributed by atoms with Crippen molar-refractivity contribution in [3.8, 4) is 0 Å². The number of nitrogens with one attached hydrogen (secondary N) is 2. The third-order valence-electron chi connectivity index (χ3n) is 4.03. The molecule has 0 spiro atoms. The highest BCUT2D eigenvalue weighted by Gasteiger charge is 2.13. The van der Waals surface area contributed by atoms with E-state index in [1.807, 2.05) is 45.9 Å². The van der Waals surface area contributed by atoms with E-state index in [0.717, 1.165) is 16.8 Å². The molecule has 1 heterocycles. The molecule has 0 fully saturated rings. The molecule has 6 heteroatoms. The van der Waals surface area contributed by atoms with Gasteiger partial charge in [-0.3, -0.25) is 4.57 Å². The number of oxazole rings is 1. The van der Waals surface area contributed by atoms with Crippen molar-refractivity contribution in [3.05, 3.63) is 58.1 Å². The van der Waals surface area contributed by atoms with E-state index >= 15 is 0 Å². The summed E-state index contributed by atoms with van der Waals surface area (Å²) in [4.78, 5) is 24.2. The molecule has 2 amide bonds. The van der Waals surface area contributed by atoms with E-state index in [9.17, 15) is 9.59 Å². The summed E-state index contributed by atoms with van der Waals surface area (Å²) in [5.74, 6) is -0.401. The maximum atomic E-state index is 12.2. The first-order valence-electron chi connectivity index (χ1n) is 8.15. The number of anilines is 2. The van der Waals surface area contributed by atoms with Crippen molar-refractivity contribution < 1.29 is 9.21 Å². The number of carbonyl (C=O) groups excluding carboxylic acids is 1. The number of aryl methyl sites for hydroxylation is 2. The summed E-state index contributed by atoms with van der Waals surface area (Å²) < 4.78 is 6.85. The fraction of sp³-hybridized carbons (Fsp3) is 0.263. The summed E-state index contributed by atoms with van der Waals surface area (Å²) in [5, 5.41) is 5.60. The van der Waals surface area contributed by atoms with E-state index in [1.54, 1.807) is 22.8 Å². The fourth-order valence-electron chi connectivity index (χ4n) is 2.76. The molecule has 0 unspecified atom stereocenters. The Morgan fingerprint density at radius 1 is 1.08 bits per heavy atom. The van der Waals surface area contributed by atoms with Crippen molar-refractivity contribution in [1.82, 2.24) is 4.57 Å². The highest BCUT2D eigenvalue weighted by atomic mass is 16.4. The lowest BCUT2D eigenvalue weighted by Gasteiger charge is -2.11. The summed E-state index contributed by atoms with van der Waals surface area (Å²) in [6.45, 7) is 7.74. The summed E-state index contributed by atoms with van der Waals surface area (Å²) >= 11 is 0. The Kier molecular flexibility index (Phi) is 4.35. The van der Waals surface area contributed by atoms with Crippen LogP contribution in [0.5, 0.6) is 0 Å². The number of nitrogens with zero attached hydrogens (tertiary/aromatic N) is 1. The van der Waals surface area contributed by atoms with Crippen LogP contribution in [0.2, 0.25) is 0 Å². The van der Waals surface area contributed by atoms with Gasteiger partial charge in [0.15, 0.2) is 5.58 Å². The highest BCUT2D eigenvalue weighted by Crippen LogP contribution is 2.22. The summed E-state index contributed by atoms with van der Waals surface area (Å²) in [5.41, 5.74) is 4.52. The van der Waals surface area contributed by atoms with Gasteiger partial charge in [-0.2, -0.15) is 0 Å². The van der Waals surface area contributed by atoms with Crippen molar-refractivity contribution in [1.29, 1.82) is 0 Å². The molecule has 2 N–H and O–H groups in total. The van der Waals surface area contributed by atoms with Crippen molar-refractivity contribution in [2.75, 3.05) is 10.6 Å². The Morgan fingerprint density at radius 2 is 1.84 bits per heavy atom. The number of hydrogen-bond donors (Lipinski definition) is 2.